The third-order valence-corrected chi connectivity index (χ3v) is 5.28. The van der Waals surface area contributed by atoms with Crippen LogP contribution in [0.1, 0.15) is 30.1 Å². The Morgan fingerprint density at radius 2 is 1.85 bits per heavy atom. The number of nitrogens with zero attached hydrogens (tertiary/aromatic N) is 3. The minimum absolute atomic E-state index is 0.0573. The van der Waals surface area contributed by atoms with E-state index in [1.54, 1.807) is 12.4 Å². The Morgan fingerprint density at radius 1 is 1.12 bits per heavy atom. The molecule has 26 heavy (non-hydrogen) atoms. The Labute approximate surface area is 157 Å². The standard InChI is InChI=1S/C21H20ClN3O/c1-14-6-10-25(11-7-14)21(26)18-13-20(15-4-8-23-9-5-15)24-19-3-2-16(22)12-17(18)19/h2-5,8-9,12-14H,6-7,10-11H2,1H3. The highest BCUT2D eigenvalue weighted by Crippen LogP contribution is 2.29. The molecule has 2 aromatic heterocycles. The molecule has 0 radical (unpaired) electrons. The summed E-state index contributed by atoms with van der Waals surface area (Å²) in [6.07, 6.45) is 5.56. The molecule has 1 fully saturated rings. The summed E-state index contributed by atoms with van der Waals surface area (Å²) in [6, 6.07) is 11.2. The van der Waals surface area contributed by atoms with E-state index < -0.39 is 0 Å². The first-order valence-corrected chi connectivity index (χ1v) is 9.29. The predicted molar refractivity (Wildman–Crippen MR) is 104 cm³/mol. The number of halogens is 1. The minimum atomic E-state index is 0.0573. The van der Waals surface area contributed by atoms with Gasteiger partial charge in [0.1, 0.15) is 0 Å². The van der Waals surface area contributed by atoms with Gasteiger partial charge in [0, 0.05) is 41.5 Å². The van der Waals surface area contributed by atoms with Crippen molar-refractivity contribution in [3.8, 4) is 11.3 Å². The average Bonchev–Trinajstić information content (AvgIpc) is 2.68. The molecule has 3 aromatic rings. The molecule has 132 valence electrons. The van der Waals surface area contributed by atoms with Crippen molar-refractivity contribution in [3.63, 3.8) is 0 Å². The number of rotatable bonds is 2. The van der Waals surface area contributed by atoms with Gasteiger partial charge in [-0.05, 0) is 55.2 Å². The second-order valence-electron chi connectivity index (χ2n) is 6.93. The first-order chi connectivity index (χ1) is 12.6. The van der Waals surface area contributed by atoms with Crippen LogP contribution in [0, 0.1) is 5.92 Å². The Morgan fingerprint density at radius 3 is 2.58 bits per heavy atom. The largest absolute Gasteiger partial charge is 0.339 e. The van der Waals surface area contributed by atoms with E-state index in [1.807, 2.05) is 41.3 Å². The first kappa shape index (κ1) is 17.0. The topological polar surface area (TPSA) is 46.1 Å². The molecule has 3 heterocycles. The molecular formula is C21H20ClN3O. The van der Waals surface area contributed by atoms with Crippen LogP contribution in [0.2, 0.25) is 5.02 Å². The zero-order valence-electron chi connectivity index (χ0n) is 14.7. The van der Waals surface area contributed by atoms with Gasteiger partial charge in [0.15, 0.2) is 0 Å². The van der Waals surface area contributed by atoms with Crippen molar-refractivity contribution < 1.29 is 4.79 Å². The lowest BCUT2D eigenvalue weighted by Crippen LogP contribution is -2.38. The highest BCUT2D eigenvalue weighted by molar-refractivity contribution is 6.31. The fraction of sp³-hybridized carbons (Fsp3) is 0.286. The van der Waals surface area contributed by atoms with E-state index >= 15 is 0 Å². The number of hydrogen-bond donors (Lipinski definition) is 0. The lowest BCUT2D eigenvalue weighted by molar-refractivity contribution is 0.0699. The molecule has 1 saturated heterocycles. The van der Waals surface area contributed by atoms with E-state index in [1.165, 1.54) is 0 Å². The van der Waals surface area contributed by atoms with Gasteiger partial charge in [0.25, 0.3) is 5.91 Å². The highest BCUT2D eigenvalue weighted by atomic mass is 35.5. The molecule has 0 bridgehead atoms. The number of piperidine rings is 1. The van der Waals surface area contributed by atoms with Gasteiger partial charge in [0.2, 0.25) is 0 Å². The third-order valence-electron chi connectivity index (χ3n) is 5.05. The van der Waals surface area contributed by atoms with E-state index in [0.29, 0.717) is 16.5 Å². The van der Waals surface area contributed by atoms with Crippen LogP contribution in [-0.2, 0) is 0 Å². The van der Waals surface area contributed by atoms with Gasteiger partial charge in [-0.2, -0.15) is 0 Å². The highest BCUT2D eigenvalue weighted by Gasteiger charge is 2.24. The molecule has 0 atom stereocenters. The maximum Gasteiger partial charge on any atom is 0.254 e. The monoisotopic (exact) mass is 365 g/mol. The average molecular weight is 366 g/mol. The molecule has 5 heteroatoms. The maximum absolute atomic E-state index is 13.3. The van der Waals surface area contributed by atoms with Crippen molar-refractivity contribution in [2.75, 3.05) is 13.1 Å². The maximum atomic E-state index is 13.3. The Balaban J connectivity index is 1.83. The van der Waals surface area contributed by atoms with Crippen molar-refractivity contribution in [1.82, 2.24) is 14.9 Å². The third kappa shape index (κ3) is 3.29. The molecule has 1 aromatic carbocycles. The second kappa shape index (κ2) is 7.04. The summed E-state index contributed by atoms with van der Waals surface area (Å²) in [4.78, 5) is 24.0. The van der Waals surface area contributed by atoms with Gasteiger partial charge in [-0.25, -0.2) is 4.98 Å². The normalized spacial score (nSPS) is 15.4. The number of fused-ring (bicyclic) bond motifs is 1. The molecular weight excluding hydrogens is 346 g/mol. The van der Waals surface area contributed by atoms with Crippen molar-refractivity contribution >= 4 is 28.4 Å². The summed E-state index contributed by atoms with van der Waals surface area (Å²) in [6.45, 7) is 3.84. The summed E-state index contributed by atoms with van der Waals surface area (Å²) in [5, 5.41) is 1.41. The molecule has 0 aliphatic carbocycles. The Bertz CT molecular complexity index is 950. The van der Waals surface area contributed by atoms with E-state index in [4.69, 9.17) is 16.6 Å². The lowest BCUT2D eigenvalue weighted by atomic mass is 9.97. The Hall–Kier alpha value is -2.46. The van der Waals surface area contributed by atoms with Crippen LogP contribution in [0.5, 0.6) is 0 Å². The first-order valence-electron chi connectivity index (χ1n) is 8.92. The van der Waals surface area contributed by atoms with E-state index in [2.05, 4.69) is 11.9 Å². The zero-order valence-corrected chi connectivity index (χ0v) is 15.4. The number of benzene rings is 1. The van der Waals surface area contributed by atoms with Crippen molar-refractivity contribution in [2.45, 2.75) is 19.8 Å². The molecule has 1 amide bonds. The van der Waals surface area contributed by atoms with Crippen LogP contribution in [0.25, 0.3) is 22.2 Å². The summed E-state index contributed by atoms with van der Waals surface area (Å²) >= 11 is 6.20. The number of carbonyl (C=O) groups excluding carboxylic acids is 1. The molecule has 4 rings (SSSR count). The summed E-state index contributed by atoms with van der Waals surface area (Å²) in [7, 11) is 0. The van der Waals surface area contributed by atoms with Gasteiger partial charge in [-0.15, -0.1) is 0 Å². The van der Waals surface area contributed by atoms with Crippen LogP contribution in [-0.4, -0.2) is 33.9 Å². The predicted octanol–water partition coefficient (Wildman–Crippen LogP) is 4.82. The van der Waals surface area contributed by atoms with Crippen molar-refractivity contribution in [1.29, 1.82) is 0 Å². The van der Waals surface area contributed by atoms with Gasteiger partial charge < -0.3 is 4.90 Å². The zero-order chi connectivity index (χ0) is 18.1. The molecule has 4 nitrogen and oxygen atoms in total. The molecule has 1 aliphatic rings. The van der Waals surface area contributed by atoms with Gasteiger partial charge >= 0.3 is 0 Å². The molecule has 0 N–H and O–H groups in total. The quantitative estimate of drug-likeness (QED) is 0.653. The molecule has 0 saturated carbocycles. The van der Waals surface area contributed by atoms with Crippen molar-refractivity contribution in [3.05, 3.63) is 59.4 Å². The van der Waals surface area contributed by atoms with Crippen LogP contribution in [0.4, 0.5) is 0 Å². The number of amides is 1. The Kier molecular flexibility index (Phi) is 4.60. The van der Waals surface area contributed by atoms with Crippen LogP contribution in [0.15, 0.2) is 48.8 Å². The molecule has 0 unspecified atom stereocenters. The van der Waals surface area contributed by atoms with Gasteiger partial charge in [-0.3, -0.25) is 9.78 Å². The molecule has 1 aliphatic heterocycles. The minimum Gasteiger partial charge on any atom is -0.339 e. The number of carbonyl (C=O) groups is 1. The van der Waals surface area contributed by atoms with Gasteiger partial charge in [-0.1, -0.05) is 18.5 Å². The molecule has 0 spiro atoms. The van der Waals surface area contributed by atoms with Gasteiger partial charge in [0.05, 0.1) is 16.8 Å². The lowest BCUT2D eigenvalue weighted by Gasteiger charge is -2.30. The summed E-state index contributed by atoms with van der Waals surface area (Å²) < 4.78 is 0. The SMILES string of the molecule is CC1CCN(C(=O)c2cc(-c3ccncc3)nc3ccc(Cl)cc23)CC1. The van der Waals surface area contributed by atoms with E-state index in [0.717, 1.165) is 48.1 Å². The van der Waals surface area contributed by atoms with Crippen LogP contribution < -0.4 is 0 Å². The van der Waals surface area contributed by atoms with Crippen LogP contribution in [0.3, 0.4) is 0 Å². The number of likely N-dealkylation sites (tertiary alicyclic amines) is 1. The fourth-order valence-electron chi connectivity index (χ4n) is 3.43. The summed E-state index contributed by atoms with van der Waals surface area (Å²) in [5.41, 5.74) is 3.16. The number of aromatic nitrogens is 2. The fourth-order valence-corrected chi connectivity index (χ4v) is 3.60. The van der Waals surface area contributed by atoms with Crippen LogP contribution >= 0.6 is 11.6 Å². The van der Waals surface area contributed by atoms with E-state index in [-0.39, 0.29) is 5.91 Å². The van der Waals surface area contributed by atoms with E-state index in [9.17, 15) is 4.79 Å². The summed E-state index contributed by atoms with van der Waals surface area (Å²) in [5.74, 6) is 0.733. The smallest absolute Gasteiger partial charge is 0.254 e. The number of hydrogen-bond acceptors (Lipinski definition) is 3. The van der Waals surface area contributed by atoms with Crippen molar-refractivity contribution in [2.24, 2.45) is 5.92 Å². The second-order valence-corrected chi connectivity index (χ2v) is 7.36. The number of pyridine rings is 2.